The molecule has 0 unspecified atom stereocenters. The largest absolute Gasteiger partial charge is 0.380 e. The van der Waals surface area contributed by atoms with Gasteiger partial charge in [0.1, 0.15) is 5.82 Å². The lowest BCUT2D eigenvalue weighted by atomic mass is 9.78. The molecule has 3 heterocycles. The molecule has 1 aliphatic carbocycles. The first-order chi connectivity index (χ1) is 18.2. The van der Waals surface area contributed by atoms with Crippen molar-refractivity contribution in [1.82, 2.24) is 14.9 Å². The molecule has 3 fully saturated rings. The molecule has 1 saturated carbocycles. The van der Waals surface area contributed by atoms with Crippen LogP contribution in [0.25, 0.3) is 5.69 Å². The van der Waals surface area contributed by atoms with Crippen molar-refractivity contribution in [2.75, 3.05) is 44.0 Å². The van der Waals surface area contributed by atoms with Gasteiger partial charge in [0.15, 0.2) is 15.7 Å². The van der Waals surface area contributed by atoms with Crippen LogP contribution in [-0.2, 0) is 21.0 Å². The Hall–Kier alpha value is -3.08. The van der Waals surface area contributed by atoms with Crippen molar-refractivity contribution in [2.24, 2.45) is 5.41 Å². The summed E-state index contributed by atoms with van der Waals surface area (Å²) < 4.78 is 43.9. The van der Waals surface area contributed by atoms with E-state index in [9.17, 15) is 17.6 Å². The molecule has 0 radical (unpaired) electrons. The number of benzene rings is 2. The number of nitrogens with zero attached hydrogens (tertiary/aromatic N) is 3. The molecule has 1 N–H and O–H groups in total. The van der Waals surface area contributed by atoms with Crippen molar-refractivity contribution >= 4 is 15.7 Å². The molecule has 1 aromatic heterocycles. The maximum Gasteiger partial charge on any atom is 0.298 e. The average molecular weight is 541 g/mol. The first-order valence-electron chi connectivity index (χ1n) is 13.0. The van der Waals surface area contributed by atoms with Gasteiger partial charge in [-0.15, -0.1) is 0 Å². The summed E-state index contributed by atoms with van der Waals surface area (Å²) in [5, 5.41) is 3.58. The fourth-order valence-corrected chi connectivity index (χ4v) is 6.07. The smallest absolute Gasteiger partial charge is 0.298 e. The second-order valence-corrected chi connectivity index (χ2v) is 12.9. The minimum absolute atomic E-state index is 0. The number of aryl methyl sites for hydroxylation is 1. The molecule has 3 aliphatic rings. The molecule has 0 amide bonds. The third-order valence-corrected chi connectivity index (χ3v) is 8.88. The number of nitrogens with one attached hydrogen (secondary N) is 1. The minimum Gasteiger partial charge on any atom is -0.380 e. The lowest BCUT2D eigenvalue weighted by Crippen LogP contribution is -2.67. The third-order valence-electron chi connectivity index (χ3n) is 7.75. The Balaban J connectivity index is 0.00000308. The highest BCUT2D eigenvalue weighted by Gasteiger charge is 2.50. The summed E-state index contributed by atoms with van der Waals surface area (Å²) in [7, 11) is -3.33. The summed E-state index contributed by atoms with van der Waals surface area (Å²) in [5.74, 6) is 0.637. The lowest BCUT2D eigenvalue weighted by Gasteiger charge is -2.55. The monoisotopic (exact) mass is 540 g/mol. The summed E-state index contributed by atoms with van der Waals surface area (Å²) in [6, 6.07) is 13.5. The Morgan fingerprint density at radius 1 is 1.13 bits per heavy atom. The van der Waals surface area contributed by atoms with Crippen LogP contribution in [-0.4, -0.2) is 63.1 Å². The second kappa shape index (κ2) is 9.59. The van der Waals surface area contributed by atoms with E-state index in [1.165, 1.54) is 24.3 Å². The number of anilines is 1. The van der Waals surface area contributed by atoms with Gasteiger partial charge in [-0.25, -0.2) is 17.8 Å². The zero-order valence-corrected chi connectivity index (χ0v) is 22.1. The minimum atomic E-state index is -3.33. The van der Waals surface area contributed by atoms with E-state index in [1.54, 1.807) is 22.9 Å². The topological polar surface area (TPSA) is 93.5 Å². The molecular weight excluding hydrogens is 507 g/mol. The van der Waals surface area contributed by atoms with Gasteiger partial charge in [-0.05, 0) is 67.8 Å². The zero-order valence-electron chi connectivity index (χ0n) is 21.3. The maximum atomic E-state index is 13.4. The van der Waals surface area contributed by atoms with Crippen LogP contribution in [0.15, 0.2) is 64.4 Å². The van der Waals surface area contributed by atoms with Gasteiger partial charge in [-0.1, -0.05) is 12.1 Å². The first kappa shape index (κ1) is 25.2. The number of aromatic nitrogens is 2. The van der Waals surface area contributed by atoms with Crippen molar-refractivity contribution in [3.05, 3.63) is 82.2 Å². The number of ether oxygens (including phenoxy) is 1. The second-order valence-electron chi connectivity index (χ2n) is 10.9. The third kappa shape index (κ3) is 5.00. The molecule has 0 bridgehead atoms. The van der Waals surface area contributed by atoms with Crippen LogP contribution in [0, 0.1) is 11.2 Å². The van der Waals surface area contributed by atoms with Crippen LogP contribution in [0.1, 0.15) is 31.4 Å². The van der Waals surface area contributed by atoms with Crippen molar-refractivity contribution in [2.45, 2.75) is 36.1 Å². The van der Waals surface area contributed by atoms with Crippen molar-refractivity contribution < 1.29 is 19.0 Å². The number of sulfone groups is 1. The molecule has 1 spiro atoms. The van der Waals surface area contributed by atoms with Gasteiger partial charge in [0.05, 0.1) is 29.2 Å². The van der Waals surface area contributed by atoms with Crippen molar-refractivity contribution in [1.29, 1.82) is 0 Å². The predicted molar refractivity (Wildman–Crippen MR) is 144 cm³/mol. The lowest BCUT2D eigenvalue weighted by molar-refractivity contribution is -0.127. The van der Waals surface area contributed by atoms with Gasteiger partial charge in [0.2, 0.25) is 0 Å². The molecular formula is C28H33FN4O4S. The van der Waals surface area contributed by atoms with E-state index in [0.717, 1.165) is 63.2 Å². The van der Waals surface area contributed by atoms with E-state index in [-0.39, 0.29) is 23.1 Å². The molecule has 3 aromatic rings. The summed E-state index contributed by atoms with van der Waals surface area (Å²) >= 11 is 0. The predicted octanol–water partition coefficient (Wildman–Crippen LogP) is 2.94. The number of hydrogen-bond donors (Lipinski definition) is 1. The van der Waals surface area contributed by atoms with Gasteiger partial charge >= 0.3 is 0 Å². The van der Waals surface area contributed by atoms with Crippen molar-refractivity contribution in [3.8, 4) is 5.69 Å². The Bertz CT molecular complexity index is 1500. The van der Waals surface area contributed by atoms with Crippen LogP contribution in [0.5, 0.6) is 0 Å². The molecule has 2 atom stereocenters. The van der Waals surface area contributed by atoms with Crippen LogP contribution < -0.4 is 15.8 Å². The van der Waals surface area contributed by atoms with E-state index in [1.807, 2.05) is 17.0 Å². The van der Waals surface area contributed by atoms with Gasteiger partial charge in [0, 0.05) is 44.6 Å². The molecule has 2 aliphatic heterocycles. The SMILES string of the molecule is CS(=O)(=O)c1ccc(-n2cc(CCCN[C@@H]3C[C@H]3c3ccc(F)cc3)nc(N3CC4(COC4)C3)c2=O)cc1.[HH]. The molecule has 2 aromatic carbocycles. The Kier molecular flexibility index (Phi) is 6.36. The van der Waals surface area contributed by atoms with Gasteiger partial charge in [0.25, 0.3) is 5.56 Å². The number of hydrogen-bond acceptors (Lipinski definition) is 7. The molecule has 8 nitrogen and oxygen atoms in total. The zero-order chi connectivity index (χ0) is 26.5. The quantitative estimate of drug-likeness (QED) is 0.417. The van der Waals surface area contributed by atoms with Crippen LogP contribution >= 0.6 is 0 Å². The van der Waals surface area contributed by atoms with E-state index < -0.39 is 9.84 Å². The molecule has 10 heteroatoms. The summed E-state index contributed by atoms with van der Waals surface area (Å²) in [6.45, 7) is 3.75. The van der Waals surface area contributed by atoms with Crippen LogP contribution in [0.4, 0.5) is 10.2 Å². The molecule has 202 valence electrons. The van der Waals surface area contributed by atoms with Gasteiger partial charge < -0.3 is 15.0 Å². The Labute approximate surface area is 222 Å². The van der Waals surface area contributed by atoms with Crippen LogP contribution in [0.3, 0.4) is 0 Å². The van der Waals surface area contributed by atoms with Gasteiger partial charge in [-0.3, -0.25) is 9.36 Å². The number of halogens is 1. The summed E-state index contributed by atoms with van der Waals surface area (Å²) in [4.78, 5) is 20.4. The van der Waals surface area contributed by atoms with E-state index in [0.29, 0.717) is 29.9 Å². The highest BCUT2D eigenvalue weighted by molar-refractivity contribution is 7.90. The highest BCUT2D eigenvalue weighted by Crippen LogP contribution is 2.41. The molecule has 2 saturated heterocycles. The summed E-state index contributed by atoms with van der Waals surface area (Å²) in [6.07, 6.45) is 5.52. The summed E-state index contributed by atoms with van der Waals surface area (Å²) in [5.41, 5.74) is 2.50. The van der Waals surface area contributed by atoms with Crippen molar-refractivity contribution in [3.63, 3.8) is 0 Å². The average Bonchev–Trinajstić information content (AvgIpc) is 3.61. The maximum absolute atomic E-state index is 13.4. The fourth-order valence-electron chi connectivity index (χ4n) is 5.44. The fraction of sp³-hybridized carbons (Fsp3) is 0.429. The molecule has 38 heavy (non-hydrogen) atoms. The standard InChI is InChI=1S/C28H31FN4O4S.H2/c1-38(35,36)23-10-8-22(9-11-23)33-14-21(31-26(27(33)34)32-15-28(16-32)17-37-18-28)3-2-12-30-25-13-24(25)19-4-6-20(29)7-5-19;/h4-11,14,24-25,30H,2-3,12-13,15-18H2,1H3;1H/t24-,25+;/m0./s1. The number of rotatable bonds is 9. The van der Waals surface area contributed by atoms with E-state index in [4.69, 9.17) is 9.72 Å². The van der Waals surface area contributed by atoms with E-state index in [2.05, 4.69) is 5.32 Å². The first-order valence-corrected chi connectivity index (χ1v) is 14.8. The Morgan fingerprint density at radius 3 is 2.47 bits per heavy atom. The van der Waals surface area contributed by atoms with E-state index >= 15 is 0 Å². The Morgan fingerprint density at radius 2 is 1.84 bits per heavy atom. The highest BCUT2D eigenvalue weighted by atomic mass is 32.2. The van der Waals surface area contributed by atoms with Gasteiger partial charge in [-0.2, -0.15) is 0 Å². The normalized spacial score (nSPS) is 21.7. The van der Waals surface area contributed by atoms with Crippen LogP contribution in [0.2, 0.25) is 0 Å². The molecule has 6 rings (SSSR count).